The number of nitrogens with zero attached hydrogens (tertiary/aromatic N) is 1. The molecule has 0 bridgehead atoms. The van der Waals surface area contributed by atoms with Crippen LogP contribution in [0.5, 0.6) is 0 Å². The van der Waals surface area contributed by atoms with E-state index in [2.05, 4.69) is 36.6 Å². The predicted octanol–water partition coefficient (Wildman–Crippen LogP) is 3.57. The molecule has 2 rings (SSSR count). The van der Waals surface area contributed by atoms with E-state index in [0.29, 0.717) is 11.3 Å². The lowest BCUT2D eigenvalue weighted by atomic mass is 9.72. The van der Waals surface area contributed by atoms with E-state index in [4.69, 9.17) is 0 Å². The van der Waals surface area contributed by atoms with Crippen molar-refractivity contribution in [1.82, 2.24) is 10.7 Å². The Kier molecular flexibility index (Phi) is 6.34. The van der Waals surface area contributed by atoms with Crippen LogP contribution in [0.1, 0.15) is 65.0 Å². The third-order valence-electron chi connectivity index (χ3n) is 4.96. The predicted molar refractivity (Wildman–Crippen MR) is 100.0 cm³/mol. The standard InChI is InChI=1S/C20H29N3O2/c1-14(15-8-6-5-7-9-15)21-18(24)19(25)23-22-17-12-10-16(11-13-17)20(2,3)4/h5-9,14,16H,10-13H2,1-4H3,(H,21,24)(H,23,25)/t14-,16?/m0/s1. The lowest BCUT2D eigenvalue weighted by Crippen LogP contribution is -2.39. The van der Waals surface area contributed by atoms with Crippen molar-refractivity contribution in [3.05, 3.63) is 35.9 Å². The van der Waals surface area contributed by atoms with Gasteiger partial charge in [-0.2, -0.15) is 5.10 Å². The molecule has 0 aromatic heterocycles. The first-order valence-corrected chi connectivity index (χ1v) is 8.98. The minimum Gasteiger partial charge on any atom is -0.341 e. The van der Waals surface area contributed by atoms with Gasteiger partial charge in [-0.25, -0.2) is 5.43 Å². The van der Waals surface area contributed by atoms with Gasteiger partial charge in [-0.05, 0) is 49.5 Å². The Morgan fingerprint density at radius 3 is 2.24 bits per heavy atom. The molecule has 0 aliphatic heterocycles. The molecule has 1 aromatic carbocycles. The second-order valence-electron chi connectivity index (χ2n) is 7.87. The molecule has 25 heavy (non-hydrogen) atoms. The zero-order valence-electron chi connectivity index (χ0n) is 15.6. The number of rotatable bonds is 3. The molecule has 0 radical (unpaired) electrons. The average Bonchev–Trinajstić information content (AvgIpc) is 2.60. The summed E-state index contributed by atoms with van der Waals surface area (Å²) in [5, 5.41) is 6.85. The molecule has 2 amide bonds. The Hall–Kier alpha value is -2.17. The van der Waals surface area contributed by atoms with Crippen LogP contribution >= 0.6 is 0 Å². The number of amides is 2. The van der Waals surface area contributed by atoms with Crippen LogP contribution in [0.25, 0.3) is 0 Å². The second-order valence-corrected chi connectivity index (χ2v) is 7.87. The summed E-state index contributed by atoms with van der Waals surface area (Å²) in [5.41, 5.74) is 4.63. The minimum absolute atomic E-state index is 0.227. The molecular weight excluding hydrogens is 314 g/mol. The highest BCUT2D eigenvalue weighted by Gasteiger charge is 2.28. The summed E-state index contributed by atoms with van der Waals surface area (Å²) in [6, 6.07) is 9.31. The number of carbonyl (C=O) groups excluding carboxylic acids is 2. The van der Waals surface area contributed by atoms with E-state index in [0.717, 1.165) is 37.0 Å². The maximum Gasteiger partial charge on any atom is 0.329 e. The van der Waals surface area contributed by atoms with Crippen molar-refractivity contribution in [3.8, 4) is 0 Å². The van der Waals surface area contributed by atoms with E-state index in [1.807, 2.05) is 37.3 Å². The summed E-state index contributed by atoms with van der Waals surface area (Å²) in [6.45, 7) is 8.64. The fourth-order valence-corrected chi connectivity index (χ4v) is 3.20. The van der Waals surface area contributed by atoms with E-state index in [1.165, 1.54) is 0 Å². The smallest absolute Gasteiger partial charge is 0.329 e. The van der Waals surface area contributed by atoms with E-state index in [-0.39, 0.29) is 6.04 Å². The van der Waals surface area contributed by atoms with Gasteiger partial charge in [0.25, 0.3) is 0 Å². The molecule has 1 fully saturated rings. The summed E-state index contributed by atoms with van der Waals surface area (Å²) in [5.74, 6) is -0.700. The molecule has 0 saturated heterocycles. The molecule has 1 aliphatic rings. The van der Waals surface area contributed by atoms with Crippen LogP contribution in [-0.4, -0.2) is 17.5 Å². The quantitative estimate of drug-likeness (QED) is 0.650. The maximum absolute atomic E-state index is 12.0. The highest BCUT2D eigenvalue weighted by atomic mass is 16.2. The van der Waals surface area contributed by atoms with E-state index < -0.39 is 11.8 Å². The molecule has 5 nitrogen and oxygen atoms in total. The van der Waals surface area contributed by atoms with E-state index in [1.54, 1.807) is 0 Å². The van der Waals surface area contributed by atoms with Gasteiger partial charge in [0.05, 0.1) is 6.04 Å². The fraction of sp³-hybridized carbons (Fsp3) is 0.550. The molecular formula is C20H29N3O2. The summed E-state index contributed by atoms with van der Waals surface area (Å²) in [7, 11) is 0. The third-order valence-corrected chi connectivity index (χ3v) is 4.96. The first kappa shape index (κ1) is 19.2. The molecule has 0 unspecified atom stereocenters. The lowest BCUT2D eigenvalue weighted by Gasteiger charge is -2.34. The Balaban J connectivity index is 1.81. The number of benzene rings is 1. The van der Waals surface area contributed by atoms with E-state index in [9.17, 15) is 9.59 Å². The normalized spacial score (nSPS) is 19.0. The highest BCUT2D eigenvalue weighted by Crippen LogP contribution is 2.36. The van der Waals surface area contributed by atoms with Crippen molar-refractivity contribution in [1.29, 1.82) is 0 Å². The van der Waals surface area contributed by atoms with Gasteiger partial charge in [-0.1, -0.05) is 51.1 Å². The maximum atomic E-state index is 12.0. The fourth-order valence-electron chi connectivity index (χ4n) is 3.20. The van der Waals surface area contributed by atoms with Gasteiger partial charge < -0.3 is 5.32 Å². The monoisotopic (exact) mass is 343 g/mol. The van der Waals surface area contributed by atoms with Crippen LogP contribution in [-0.2, 0) is 9.59 Å². The molecule has 5 heteroatoms. The Labute approximate surface area is 150 Å². The number of hydrazone groups is 1. The van der Waals surface area contributed by atoms with Gasteiger partial charge in [0.1, 0.15) is 0 Å². The number of hydrogen-bond donors (Lipinski definition) is 2. The average molecular weight is 343 g/mol. The topological polar surface area (TPSA) is 70.6 Å². The zero-order chi connectivity index (χ0) is 18.4. The van der Waals surface area contributed by atoms with E-state index >= 15 is 0 Å². The van der Waals surface area contributed by atoms with Crippen LogP contribution in [0, 0.1) is 11.3 Å². The SMILES string of the molecule is C[C@H](NC(=O)C(=O)NN=C1CCC(C(C)(C)C)CC1)c1ccccc1. The largest absolute Gasteiger partial charge is 0.341 e. The van der Waals surface area contributed by atoms with Gasteiger partial charge in [0, 0.05) is 5.71 Å². The lowest BCUT2D eigenvalue weighted by molar-refractivity contribution is -0.139. The van der Waals surface area contributed by atoms with Gasteiger partial charge in [-0.3, -0.25) is 9.59 Å². The molecule has 0 spiro atoms. The molecule has 1 atom stereocenters. The Morgan fingerprint density at radius 2 is 1.68 bits per heavy atom. The number of nitrogens with one attached hydrogen (secondary N) is 2. The summed E-state index contributed by atoms with van der Waals surface area (Å²) < 4.78 is 0. The van der Waals surface area contributed by atoms with Crippen LogP contribution in [0.3, 0.4) is 0 Å². The van der Waals surface area contributed by atoms with Crippen molar-refractivity contribution in [2.45, 2.75) is 59.4 Å². The second kappa shape index (κ2) is 8.28. The van der Waals surface area contributed by atoms with Crippen molar-refractivity contribution >= 4 is 17.5 Å². The van der Waals surface area contributed by atoms with Crippen molar-refractivity contribution in [2.75, 3.05) is 0 Å². The Morgan fingerprint density at radius 1 is 1.08 bits per heavy atom. The highest BCUT2D eigenvalue weighted by molar-refractivity contribution is 6.35. The van der Waals surface area contributed by atoms with Crippen LogP contribution in [0.15, 0.2) is 35.4 Å². The zero-order valence-corrected chi connectivity index (χ0v) is 15.6. The van der Waals surface area contributed by atoms with Gasteiger partial charge in [0.15, 0.2) is 0 Å². The van der Waals surface area contributed by atoms with Crippen LogP contribution < -0.4 is 10.7 Å². The summed E-state index contributed by atoms with van der Waals surface area (Å²) in [4.78, 5) is 23.9. The molecule has 0 heterocycles. The van der Waals surface area contributed by atoms with Gasteiger partial charge >= 0.3 is 11.8 Å². The number of carbonyl (C=O) groups is 2. The number of hydrogen-bond acceptors (Lipinski definition) is 3. The van der Waals surface area contributed by atoms with Crippen molar-refractivity contribution in [3.63, 3.8) is 0 Å². The van der Waals surface area contributed by atoms with Crippen LogP contribution in [0.4, 0.5) is 0 Å². The Bertz CT molecular complexity index is 622. The molecule has 1 aliphatic carbocycles. The van der Waals surface area contributed by atoms with Crippen molar-refractivity contribution < 1.29 is 9.59 Å². The molecule has 1 aromatic rings. The molecule has 1 saturated carbocycles. The molecule has 136 valence electrons. The first-order valence-electron chi connectivity index (χ1n) is 8.98. The summed E-state index contributed by atoms with van der Waals surface area (Å²) in [6.07, 6.45) is 3.92. The third kappa shape index (κ3) is 5.69. The van der Waals surface area contributed by atoms with Crippen molar-refractivity contribution in [2.24, 2.45) is 16.4 Å². The summed E-state index contributed by atoms with van der Waals surface area (Å²) >= 11 is 0. The first-order chi connectivity index (χ1) is 11.8. The van der Waals surface area contributed by atoms with Crippen LogP contribution in [0.2, 0.25) is 0 Å². The van der Waals surface area contributed by atoms with Gasteiger partial charge in [0.2, 0.25) is 0 Å². The minimum atomic E-state index is -0.715. The van der Waals surface area contributed by atoms with Gasteiger partial charge in [-0.15, -0.1) is 0 Å². The molecule has 2 N–H and O–H groups in total.